The fourth-order valence-corrected chi connectivity index (χ4v) is 1.96. The minimum absolute atomic E-state index is 0.199. The van der Waals surface area contributed by atoms with Gasteiger partial charge in [0.05, 0.1) is 6.61 Å². The van der Waals surface area contributed by atoms with E-state index in [4.69, 9.17) is 4.74 Å². The molecule has 0 unspecified atom stereocenters. The van der Waals surface area contributed by atoms with Crippen LogP contribution in [0.2, 0.25) is 0 Å². The first-order valence-electron chi connectivity index (χ1n) is 5.85. The van der Waals surface area contributed by atoms with Gasteiger partial charge < -0.3 is 10.1 Å². The zero-order valence-electron chi connectivity index (χ0n) is 10.4. The zero-order valence-corrected chi connectivity index (χ0v) is 12.0. The van der Waals surface area contributed by atoms with Gasteiger partial charge in [0.2, 0.25) is 5.88 Å². The fraction of sp³-hybridized carbons (Fsp3) is 0.143. The van der Waals surface area contributed by atoms with Gasteiger partial charge in [-0.3, -0.25) is 4.79 Å². The van der Waals surface area contributed by atoms with Crippen LogP contribution in [0.4, 0.5) is 5.69 Å². The molecule has 2 aromatic rings. The smallest absolute Gasteiger partial charge is 0.255 e. The Balaban J connectivity index is 2.19. The van der Waals surface area contributed by atoms with Crippen molar-refractivity contribution in [1.29, 1.82) is 0 Å². The van der Waals surface area contributed by atoms with Gasteiger partial charge in [-0.2, -0.15) is 0 Å². The summed E-state index contributed by atoms with van der Waals surface area (Å²) in [5.41, 5.74) is 1.13. The predicted molar refractivity (Wildman–Crippen MR) is 77.5 cm³/mol. The Bertz CT molecular complexity index is 587. The highest BCUT2D eigenvalue weighted by molar-refractivity contribution is 9.10. The van der Waals surface area contributed by atoms with Crippen LogP contribution in [0.1, 0.15) is 17.3 Å². The minimum atomic E-state index is -0.199. The largest absolute Gasteiger partial charge is 0.476 e. The molecule has 98 valence electrons. The second kappa shape index (κ2) is 6.33. The van der Waals surface area contributed by atoms with Gasteiger partial charge in [0.15, 0.2) is 0 Å². The zero-order chi connectivity index (χ0) is 13.7. The van der Waals surface area contributed by atoms with Gasteiger partial charge >= 0.3 is 0 Å². The molecule has 0 atom stereocenters. The molecule has 1 amide bonds. The molecule has 5 heteroatoms. The van der Waals surface area contributed by atoms with E-state index >= 15 is 0 Å². The van der Waals surface area contributed by atoms with E-state index in [1.807, 2.05) is 19.1 Å². The third kappa shape index (κ3) is 3.54. The van der Waals surface area contributed by atoms with Crippen molar-refractivity contribution in [2.75, 3.05) is 11.9 Å². The first-order chi connectivity index (χ1) is 9.20. The lowest BCUT2D eigenvalue weighted by Crippen LogP contribution is -2.13. The second-order valence-electron chi connectivity index (χ2n) is 3.75. The summed E-state index contributed by atoms with van der Waals surface area (Å²) in [5.74, 6) is 0.226. The first-order valence-corrected chi connectivity index (χ1v) is 6.64. The minimum Gasteiger partial charge on any atom is -0.476 e. The number of halogens is 1. The standard InChI is InChI=1S/C14H13BrN2O2/c1-2-19-14-12(7-4-8-16-14)17-13(18)10-5-3-6-11(15)9-10/h3-9H,2H2,1H3,(H,17,18). The van der Waals surface area contributed by atoms with Crippen molar-refractivity contribution in [2.24, 2.45) is 0 Å². The lowest BCUT2D eigenvalue weighted by molar-refractivity contribution is 0.102. The van der Waals surface area contributed by atoms with Crippen LogP contribution in [0.5, 0.6) is 5.88 Å². The van der Waals surface area contributed by atoms with E-state index in [2.05, 4.69) is 26.2 Å². The third-order valence-corrected chi connectivity index (χ3v) is 2.88. The molecule has 0 radical (unpaired) electrons. The Morgan fingerprint density at radius 3 is 2.95 bits per heavy atom. The molecule has 4 nitrogen and oxygen atoms in total. The van der Waals surface area contributed by atoms with Crippen LogP contribution in [0.3, 0.4) is 0 Å². The van der Waals surface area contributed by atoms with Crippen molar-refractivity contribution in [2.45, 2.75) is 6.92 Å². The van der Waals surface area contributed by atoms with Crippen LogP contribution in [0.15, 0.2) is 47.1 Å². The van der Waals surface area contributed by atoms with Gasteiger partial charge in [-0.05, 0) is 37.3 Å². The Labute approximate surface area is 119 Å². The summed E-state index contributed by atoms with van der Waals surface area (Å²) in [4.78, 5) is 16.2. The van der Waals surface area contributed by atoms with Crippen LogP contribution in [0.25, 0.3) is 0 Å². The van der Waals surface area contributed by atoms with Crippen molar-refractivity contribution in [3.05, 3.63) is 52.6 Å². The number of carbonyl (C=O) groups is 1. The van der Waals surface area contributed by atoms with Crippen molar-refractivity contribution in [1.82, 2.24) is 4.98 Å². The van der Waals surface area contributed by atoms with Crippen LogP contribution in [-0.4, -0.2) is 17.5 Å². The Kier molecular flexibility index (Phi) is 4.52. The molecule has 1 aromatic carbocycles. The summed E-state index contributed by atoms with van der Waals surface area (Å²) in [6.45, 7) is 2.37. The molecular formula is C14H13BrN2O2. The maximum Gasteiger partial charge on any atom is 0.255 e. The average molecular weight is 321 g/mol. The van der Waals surface area contributed by atoms with Crippen LogP contribution >= 0.6 is 15.9 Å². The molecule has 0 fully saturated rings. The van der Waals surface area contributed by atoms with E-state index in [0.717, 1.165) is 4.47 Å². The predicted octanol–water partition coefficient (Wildman–Crippen LogP) is 3.50. The van der Waals surface area contributed by atoms with E-state index in [9.17, 15) is 4.79 Å². The van der Waals surface area contributed by atoms with Gasteiger partial charge in [0.1, 0.15) is 5.69 Å². The van der Waals surface area contributed by atoms with Crippen molar-refractivity contribution in [3.63, 3.8) is 0 Å². The lowest BCUT2D eigenvalue weighted by atomic mass is 10.2. The molecule has 19 heavy (non-hydrogen) atoms. The third-order valence-electron chi connectivity index (χ3n) is 2.39. The van der Waals surface area contributed by atoms with Gasteiger partial charge in [-0.1, -0.05) is 22.0 Å². The number of nitrogens with zero attached hydrogens (tertiary/aromatic N) is 1. The summed E-state index contributed by atoms with van der Waals surface area (Å²) in [6.07, 6.45) is 1.62. The normalized spacial score (nSPS) is 10.0. The summed E-state index contributed by atoms with van der Waals surface area (Å²) in [6, 6.07) is 10.7. The molecule has 0 aliphatic rings. The highest BCUT2D eigenvalue weighted by atomic mass is 79.9. The van der Waals surface area contributed by atoms with Crippen molar-refractivity contribution >= 4 is 27.5 Å². The monoisotopic (exact) mass is 320 g/mol. The molecule has 0 bridgehead atoms. The number of hydrogen-bond acceptors (Lipinski definition) is 3. The Morgan fingerprint density at radius 2 is 2.21 bits per heavy atom. The number of hydrogen-bond donors (Lipinski definition) is 1. The summed E-state index contributed by atoms with van der Waals surface area (Å²) in [7, 11) is 0. The van der Waals surface area contributed by atoms with Crippen LogP contribution in [0, 0.1) is 0 Å². The average Bonchev–Trinajstić information content (AvgIpc) is 2.41. The maximum atomic E-state index is 12.1. The van der Waals surface area contributed by atoms with E-state index in [0.29, 0.717) is 23.7 Å². The SMILES string of the molecule is CCOc1ncccc1NC(=O)c1cccc(Br)c1. The van der Waals surface area contributed by atoms with E-state index in [1.54, 1.807) is 30.5 Å². The van der Waals surface area contributed by atoms with Crippen molar-refractivity contribution < 1.29 is 9.53 Å². The molecule has 1 heterocycles. The highest BCUT2D eigenvalue weighted by Crippen LogP contribution is 2.21. The van der Waals surface area contributed by atoms with Gasteiger partial charge in [-0.25, -0.2) is 4.98 Å². The van der Waals surface area contributed by atoms with Crippen LogP contribution < -0.4 is 10.1 Å². The van der Waals surface area contributed by atoms with Crippen LogP contribution in [-0.2, 0) is 0 Å². The van der Waals surface area contributed by atoms with Gasteiger partial charge in [0, 0.05) is 16.2 Å². The number of amides is 1. The highest BCUT2D eigenvalue weighted by Gasteiger charge is 2.10. The number of pyridine rings is 1. The molecule has 0 aliphatic heterocycles. The number of ether oxygens (including phenoxy) is 1. The van der Waals surface area contributed by atoms with Gasteiger partial charge in [-0.15, -0.1) is 0 Å². The summed E-state index contributed by atoms with van der Waals surface area (Å²) >= 11 is 3.34. The molecular weight excluding hydrogens is 308 g/mol. The topological polar surface area (TPSA) is 51.2 Å². The maximum absolute atomic E-state index is 12.1. The molecule has 2 rings (SSSR count). The van der Waals surface area contributed by atoms with E-state index in [1.165, 1.54) is 0 Å². The quantitative estimate of drug-likeness (QED) is 0.938. The number of nitrogens with one attached hydrogen (secondary N) is 1. The fourth-order valence-electron chi connectivity index (χ4n) is 1.56. The van der Waals surface area contributed by atoms with Crippen molar-refractivity contribution in [3.8, 4) is 5.88 Å². The van der Waals surface area contributed by atoms with E-state index in [-0.39, 0.29) is 5.91 Å². The summed E-state index contributed by atoms with van der Waals surface area (Å²) < 4.78 is 6.22. The first kappa shape index (κ1) is 13.5. The molecule has 0 aliphatic carbocycles. The summed E-state index contributed by atoms with van der Waals surface area (Å²) in [5, 5.41) is 2.79. The number of aromatic nitrogens is 1. The second-order valence-corrected chi connectivity index (χ2v) is 4.67. The number of anilines is 1. The van der Waals surface area contributed by atoms with Gasteiger partial charge in [0.25, 0.3) is 5.91 Å². The lowest BCUT2D eigenvalue weighted by Gasteiger charge is -2.10. The number of rotatable bonds is 4. The molecule has 1 N–H and O–H groups in total. The number of carbonyl (C=O) groups excluding carboxylic acids is 1. The molecule has 0 saturated heterocycles. The molecule has 0 spiro atoms. The Morgan fingerprint density at radius 1 is 1.37 bits per heavy atom. The molecule has 0 saturated carbocycles. The number of benzene rings is 1. The van der Waals surface area contributed by atoms with E-state index < -0.39 is 0 Å². The molecule has 1 aromatic heterocycles. The Hall–Kier alpha value is -1.88.